The van der Waals surface area contributed by atoms with Crippen molar-refractivity contribution in [2.45, 2.75) is 79.9 Å². The first kappa shape index (κ1) is 82.1. The van der Waals surface area contributed by atoms with Crippen molar-refractivity contribution < 1.29 is 83.6 Å². The van der Waals surface area contributed by atoms with Crippen LogP contribution in [0.1, 0.15) is 104 Å². The van der Waals surface area contributed by atoms with Gasteiger partial charge in [-0.2, -0.15) is 18.4 Å². The zero-order valence-electron chi connectivity index (χ0n) is 55.2. The third-order valence-corrected chi connectivity index (χ3v) is 22.1. The van der Waals surface area contributed by atoms with E-state index in [0.29, 0.717) is 37.1 Å². The molecule has 0 aliphatic heterocycles. The van der Waals surface area contributed by atoms with E-state index in [2.05, 4.69) is 55.4 Å². The molecule has 4 aromatic heterocycles. The van der Waals surface area contributed by atoms with Crippen LogP contribution in [-0.2, 0) is 40.1 Å². The third-order valence-electron chi connectivity index (χ3n) is 14.9. The SMILES string of the molecule is Cc1ccc(S(=O)(=O)Nc2cc(C(=O)Nc3ccc(F)c(Cl)c3)ccn2)cc1.N#Cc1cc(NC(=O)c2ccnc(NS(=O)(=O)C3CC3)c2)ccc1F.O=C(Nc1ccc(F)c(Cl)c1)c1ccnc(NS(=O)(=O)C2CCCCC2)c1.O=C(Nc1ccc(F)c(Cl)c1)c1ccnc(NS(=O)(=O)CCC(F)(F)F)c1. The van der Waals surface area contributed by atoms with E-state index >= 15 is 0 Å². The van der Waals surface area contributed by atoms with E-state index in [1.54, 1.807) is 18.2 Å². The number of carbonyl (C=O) groups excluding carboxylic acids is 4. The smallest absolute Gasteiger partial charge is 0.322 e. The summed E-state index contributed by atoms with van der Waals surface area (Å²) in [5.41, 5.74) is 2.33. The maximum absolute atomic E-state index is 13.3. The van der Waals surface area contributed by atoms with Gasteiger partial charge in [0.2, 0.25) is 30.1 Å². The number of nitrogens with zero attached hydrogens (tertiary/aromatic N) is 5. The molecular weight excluding hydrogens is 1560 g/mol. The van der Waals surface area contributed by atoms with E-state index < -0.39 is 116 Å². The van der Waals surface area contributed by atoms with Gasteiger partial charge in [0.05, 0.1) is 48.2 Å². The minimum absolute atomic E-state index is 0.00892. The lowest BCUT2D eigenvalue weighted by Crippen LogP contribution is -2.30. The molecule has 2 aliphatic carbocycles. The first-order valence-electron chi connectivity index (χ1n) is 31.3. The van der Waals surface area contributed by atoms with Crippen LogP contribution in [0.2, 0.25) is 15.1 Å². The molecule has 2 aliphatic rings. The lowest BCUT2D eigenvalue weighted by molar-refractivity contribution is -0.129. The molecule has 9 aromatic rings. The summed E-state index contributed by atoms with van der Waals surface area (Å²) in [6, 6.07) is 33.3. The van der Waals surface area contributed by atoms with Crippen LogP contribution in [0.3, 0.4) is 0 Å². The van der Waals surface area contributed by atoms with Gasteiger partial charge in [-0.3, -0.25) is 38.1 Å². The summed E-state index contributed by atoms with van der Waals surface area (Å²) >= 11 is 17.0. The second-order valence-corrected chi connectivity index (χ2v) is 31.9. The van der Waals surface area contributed by atoms with Crippen molar-refractivity contribution in [3.8, 4) is 6.07 Å². The van der Waals surface area contributed by atoms with Crippen LogP contribution in [0.15, 0.2) is 175 Å². The molecule has 0 saturated heterocycles. The topological polar surface area (TPSA) is 376 Å². The highest BCUT2D eigenvalue weighted by molar-refractivity contribution is 7.94. The van der Waals surface area contributed by atoms with Gasteiger partial charge in [0, 0.05) is 69.8 Å². The van der Waals surface area contributed by atoms with Crippen molar-refractivity contribution in [3.05, 3.63) is 242 Å². The summed E-state index contributed by atoms with van der Waals surface area (Å²) in [6.45, 7) is 1.85. The molecule has 0 bridgehead atoms. The molecule has 0 radical (unpaired) electrons. The van der Waals surface area contributed by atoms with Gasteiger partial charge in [0.25, 0.3) is 33.7 Å². The van der Waals surface area contributed by atoms with Crippen molar-refractivity contribution in [3.63, 3.8) is 0 Å². The molecule has 562 valence electrons. The molecule has 0 spiro atoms. The summed E-state index contributed by atoms with van der Waals surface area (Å²) in [5, 5.41) is 17.6. The van der Waals surface area contributed by atoms with E-state index in [9.17, 15) is 83.6 Å². The molecule has 39 heteroatoms. The molecule has 2 fully saturated rings. The summed E-state index contributed by atoms with van der Waals surface area (Å²) in [7, 11) is -15.2. The highest BCUT2D eigenvalue weighted by Gasteiger charge is 2.36. The van der Waals surface area contributed by atoms with Gasteiger partial charge in [-0.1, -0.05) is 71.8 Å². The number of hydrogen-bond acceptors (Lipinski definition) is 17. The predicted octanol–water partition coefficient (Wildman–Crippen LogP) is 14.5. The highest BCUT2D eigenvalue weighted by Crippen LogP contribution is 2.31. The minimum atomic E-state index is -4.62. The molecule has 4 heterocycles. The molecule has 2 saturated carbocycles. The first-order chi connectivity index (χ1) is 50.4. The second-order valence-electron chi connectivity index (χ2n) is 23.2. The Kier molecular flexibility index (Phi) is 27.7. The number of nitriles is 1. The van der Waals surface area contributed by atoms with Crippen LogP contribution >= 0.6 is 34.8 Å². The quantitative estimate of drug-likeness (QED) is 0.0310. The molecular formula is C68H59Cl3F7N13O12S4. The number of carbonyl (C=O) groups is 4. The number of anilines is 8. The van der Waals surface area contributed by atoms with Crippen LogP contribution < -0.4 is 40.2 Å². The number of hydrogen-bond donors (Lipinski definition) is 8. The molecule has 107 heavy (non-hydrogen) atoms. The van der Waals surface area contributed by atoms with Gasteiger partial charge in [0.1, 0.15) is 52.6 Å². The molecule has 0 unspecified atom stereocenters. The first-order valence-corrected chi connectivity index (χ1v) is 38.6. The molecule has 4 amide bonds. The molecule has 11 rings (SSSR count). The van der Waals surface area contributed by atoms with E-state index in [0.717, 1.165) is 61.4 Å². The molecule has 25 nitrogen and oxygen atoms in total. The zero-order chi connectivity index (χ0) is 78.0. The number of alkyl halides is 3. The summed E-state index contributed by atoms with van der Waals surface area (Å²) < 4.78 is 195. The fourth-order valence-electron chi connectivity index (χ4n) is 9.32. The Morgan fingerprint density at radius 1 is 0.449 bits per heavy atom. The number of nitrogens with one attached hydrogen (secondary N) is 8. The number of pyridine rings is 4. The fraction of sp³-hybridized carbons (Fsp3) is 0.191. The summed E-state index contributed by atoms with van der Waals surface area (Å²) in [4.78, 5) is 64.8. The number of amides is 4. The number of rotatable bonds is 21. The molecule has 8 N–H and O–H groups in total. The van der Waals surface area contributed by atoms with Gasteiger partial charge >= 0.3 is 6.18 Å². The normalized spacial score (nSPS) is 13.0. The van der Waals surface area contributed by atoms with Gasteiger partial charge in [0.15, 0.2) is 0 Å². The Labute approximate surface area is 623 Å². The number of halogens is 10. The van der Waals surface area contributed by atoms with Crippen molar-refractivity contribution in [1.82, 2.24) is 19.9 Å². The molecule has 0 atom stereocenters. The fourth-order valence-corrected chi connectivity index (χ4v) is 14.7. The van der Waals surface area contributed by atoms with Crippen molar-refractivity contribution >= 4 is 145 Å². The molecule has 5 aromatic carbocycles. The Hall–Kier alpha value is -10.6. The average Bonchev–Trinajstić information content (AvgIpc) is 1.72. The van der Waals surface area contributed by atoms with Crippen molar-refractivity contribution in [2.24, 2.45) is 0 Å². The Balaban J connectivity index is 0.000000180. The van der Waals surface area contributed by atoms with Gasteiger partial charge in [-0.05, 0) is 166 Å². The third kappa shape index (κ3) is 25.3. The van der Waals surface area contributed by atoms with Crippen LogP contribution in [0, 0.1) is 41.5 Å². The van der Waals surface area contributed by atoms with Gasteiger partial charge in [-0.15, -0.1) is 0 Å². The monoisotopic (exact) mass is 1620 g/mol. The number of benzene rings is 5. The summed E-state index contributed by atoms with van der Waals surface area (Å²) in [6.07, 6.45) is 4.24. The van der Waals surface area contributed by atoms with Crippen LogP contribution in [0.25, 0.3) is 0 Å². The van der Waals surface area contributed by atoms with E-state index in [4.69, 9.17) is 40.1 Å². The van der Waals surface area contributed by atoms with Crippen molar-refractivity contribution in [2.75, 3.05) is 45.9 Å². The lowest BCUT2D eigenvalue weighted by Gasteiger charge is -2.22. The van der Waals surface area contributed by atoms with Crippen LogP contribution in [0.5, 0.6) is 0 Å². The maximum Gasteiger partial charge on any atom is 0.390 e. The van der Waals surface area contributed by atoms with E-state index in [1.807, 2.05) is 11.6 Å². The zero-order valence-corrected chi connectivity index (χ0v) is 60.8. The van der Waals surface area contributed by atoms with Gasteiger partial charge < -0.3 is 21.3 Å². The minimum Gasteiger partial charge on any atom is -0.322 e. The Morgan fingerprint density at radius 2 is 0.785 bits per heavy atom. The Morgan fingerprint density at radius 3 is 1.13 bits per heavy atom. The van der Waals surface area contributed by atoms with Crippen LogP contribution in [-0.4, -0.2) is 99.7 Å². The number of aromatic nitrogens is 4. The van der Waals surface area contributed by atoms with Crippen molar-refractivity contribution in [1.29, 1.82) is 5.26 Å². The second kappa shape index (κ2) is 36.2. The largest absolute Gasteiger partial charge is 0.390 e. The maximum atomic E-state index is 13.3. The Bertz CT molecular complexity index is 5320. The predicted molar refractivity (Wildman–Crippen MR) is 389 cm³/mol. The standard InChI is InChI=1S/C19H15ClFN3O3S.C18H19ClFN3O3S.C16H13FN4O3S.C15H12ClF4N3O3S/c1-12-2-5-15(6-3-12)28(26,27)24-18-10-13(8-9-22-18)19(25)23-14-4-7-17(21)16(20)11-14;19-15-11-13(6-7-16(15)20)22-18(24)12-8-9-21-17(10-12)23-27(25,26)14-4-2-1-3-5-14;17-14-4-1-12(7-11(14)9-18)20-16(22)10-5-6-19-15(8-10)21-25(23,24)13-2-3-13;16-11-8-10(1-2-12(11)17)22-14(24)9-3-5-21-13(7-9)23-27(25,26)6-4-15(18,19)20/h2-11H,1H3,(H,22,24)(H,23,25);6-11,14H,1-5H2,(H,21,23)(H,22,24);1,4-8,13H,2-3H2,(H,19,21)(H,20,22);1-3,5,7-8H,4,6H2,(H,21,23)(H,22,24). The van der Waals surface area contributed by atoms with Gasteiger partial charge in [-0.25, -0.2) is 71.2 Å². The van der Waals surface area contributed by atoms with E-state index in [1.165, 1.54) is 122 Å². The average molecular weight is 1620 g/mol. The van der Waals surface area contributed by atoms with E-state index in [-0.39, 0.29) is 82.4 Å². The summed E-state index contributed by atoms with van der Waals surface area (Å²) in [5.74, 6) is -6.14. The highest BCUT2D eigenvalue weighted by atomic mass is 35.5. The number of aryl methyl sites for hydroxylation is 1. The van der Waals surface area contributed by atoms with Crippen LogP contribution in [0.4, 0.5) is 76.8 Å². The lowest BCUT2D eigenvalue weighted by atomic mass is 10.0. The number of sulfonamides is 4.